The van der Waals surface area contributed by atoms with Crippen molar-refractivity contribution < 1.29 is 9.53 Å². The summed E-state index contributed by atoms with van der Waals surface area (Å²) >= 11 is 0. The van der Waals surface area contributed by atoms with E-state index in [0.29, 0.717) is 0 Å². The normalized spacial score (nSPS) is 12.5. The Morgan fingerprint density at radius 2 is 2.46 bits per heavy atom. The molecule has 1 rings (SSSR count). The van der Waals surface area contributed by atoms with Gasteiger partial charge in [0.25, 0.3) is 0 Å². The largest absolute Gasteiger partial charge is 0.467 e. The highest BCUT2D eigenvalue weighted by Crippen LogP contribution is 2.10. The van der Waals surface area contributed by atoms with E-state index in [1.165, 1.54) is 7.11 Å². The molecule has 1 heterocycles. The lowest BCUT2D eigenvalue weighted by molar-refractivity contribution is -0.144. The SMILES string of the molecule is CCc1nccn1C(C)C(=O)OC. The minimum absolute atomic E-state index is 0.243. The molecule has 0 spiro atoms. The molecule has 1 aromatic rings. The van der Waals surface area contributed by atoms with Crippen LogP contribution < -0.4 is 0 Å². The highest BCUT2D eigenvalue weighted by Gasteiger charge is 2.16. The smallest absolute Gasteiger partial charge is 0.328 e. The number of rotatable bonds is 3. The lowest BCUT2D eigenvalue weighted by Crippen LogP contribution is -2.18. The Labute approximate surface area is 77.5 Å². The fourth-order valence-corrected chi connectivity index (χ4v) is 1.25. The molecule has 72 valence electrons. The second-order valence-electron chi connectivity index (χ2n) is 2.80. The van der Waals surface area contributed by atoms with Gasteiger partial charge in [0, 0.05) is 18.8 Å². The van der Waals surface area contributed by atoms with Crippen LogP contribution in [-0.4, -0.2) is 22.6 Å². The summed E-state index contributed by atoms with van der Waals surface area (Å²) in [5.74, 6) is 0.658. The van der Waals surface area contributed by atoms with Crippen LogP contribution in [0.25, 0.3) is 0 Å². The van der Waals surface area contributed by atoms with Gasteiger partial charge in [0.15, 0.2) is 0 Å². The van der Waals surface area contributed by atoms with Crippen molar-refractivity contribution in [3.05, 3.63) is 18.2 Å². The summed E-state index contributed by atoms with van der Waals surface area (Å²) in [5.41, 5.74) is 0. The molecule has 1 aromatic heterocycles. The number of aryl methyl sites for hydroxylation is 1. The van der Waals surface area contributed by atoms with Crippen LogP contribution in [0, 0.1) is 0 Å². The van der Waals surface area contributed by atoms with E-state index in [-0.39, 0.29) is 12.0 Å². The Bertz CT molecular complexity index is 294. The summed E-state index contributed by atoms with van der Waals surface area (Å²) in [4.78, 5) is 15.3. The molecular formula is C9H14N2O2. The monoisotopic (exact) mass is 182 g/mol. The molecule has 0 saturated carbocycles. The fraction of sp³-hybridized carbons (Fsp3) is 0.556. The van der Waals surface area contributed by atoms with Crippen molar-refractivity contribution in [3.8, 4) is 0 Å². The Hall–Kier alpha value is -1.32. The van der Waals surface area contributed by atoms with E-state index < -0.39 is 0 Å². The fourth-order valence-electron chi connectivity index (χ4n) is 1.25. The zero-order valence-corrected chi connectivity index (χ0v) is 8.15. The van der Waals surface area contributed by atoms with Gasteiger partial charge < -0.3 is 9.30 Å². The van der Waals surface area contributed by atoms with Gasteiger partial charge in [-0.2, -0.15) is 0 Å². The lowest BCUT2D eigenvalue weighted by atomic mass is 10.3. The van der Waals surface area contributed by atoms with Crippen LogP contribution in [0.1, 0.15) is 25.7 Å². The topological polar surface area (TPSA) is 44.1 Å². The average Bonchev–Trinajstić information content (AvgIpc) is 2.62. The van der Waals surface area contributed by atoms with Gasteiger partial charge >= 0.3 is 5.97 Å². The Morgan fingerprint density at radius 1 is 1.77 bits per heavy atom. The van der Waals surface area contributed by atoms with E-state index in [1.807, 2.05) is 11.5 Å². The van der Waals surface area contributed by atoms with Crippen molar-refractivity contribution in [2.45, 2.75) is 26.3 Å². The molecule has 0 bridgehead atoms. The summed E-state index contributed by atoms with van der Waals surface area (Å²) in [6, 6.07) is -0.289. The number of carbonyl (C=O) groups is 1. The van der Waals surface area contributed by atoms with Crippen LogP contribution in [0.5, 0.6) is 0 Å². The second-order valence-corrected chi connectivity index (χ2v) is 2.80. The number of hydrogen-bond acceptors (Lipinski definition) is 3. The van der Waals surface area contributed by atoms with E-state index in [0.717, 1.165) is 12.2 Å². The van der Waals surface area contributed by atoms with E-state index >= 15 is 0 Å². The third-order valence-electron chi connectivity index (χ3n) is 2.02. The van der Waals surface area contributed by atoms with Gasteiger partial charge in [-0.05, 0) is 6.92 Å². The first-order chi connectivity index (χ1) is 6.20. The molecule has 0 fully saturated rings. The number of carbonyl (C=O) groups excluding carboxylic acids is 1. The number of ether oxygens (including phenoxy) is 1. The van der Waals surface area contributed by atoms with Crippen LogP contribution in [0.15, 0.2) is 12.4 Å². The van der Waals surface area contributed by atoms with Gasteiger partial charge in [0.1, 0.15) is 11.9 Å². The van der Waals surface area contributed by atoms with Gasteiger partial charge in [-0.25, -0.2) is 9.78 Å². The van der Waals surface area contributed by atoms with Crippen LogP contribution in [0.3, 0.4) is 0 Å². The number of imidazole rings is 1. The maximum atomic E-state index is 11.2. The zero-order chi connectivity index (χ0) is 9.84. The number of esters is 1. The van der Waals surface area contributed by atoms with Crippen molar-refractivity contribution in [1.29, 1.82) is 0 Å². The van der Waals surface area contributed by atoms with Gasteiger partial charge in [-0.3, -0.25) is 0 Å². The molecule has 0 aliphatic rings. The van der Waals surface area contributed by atoms with Crippen molar-refractivity contribution in [2.24, 2.45) is 0 Å². The first-order valence-electron chi connectivity index (χ1n) is 4.30. The molecular weight excluding hydrogens is 168 g/mol. The molecule has 0 N–H and O–H groups in total. The third kappa shape index (κ3) is 1.88. The number of aromatic nitrogens is 2. The van der Waals surface area contributed by atoms with Crippen molar-refractivity contribution >= 4 is 5.97 Å². The molecule has 4 nitrogen and oxygen atoms in total. The number of hydrogen-bond donors (Lipinski definition) is 0. The Morgan fingerprint density at radius 3 is 3.00 bits per heavy atom. The zero-order valence-electron chi connectivity index (χ0n) is 8.15. The number of nitrogens with zero attached hydrogens (tertiary/aromatic N) is 2. The molecule has 0 amide bonds. The van der Waals surface area contributed by atoms with Crippen molar-refractivity contribution in [1.82, 2.24) is 9.55 Å². The molecule has 0 saturated heterocycles. The predicted octanol–water partition coefficient (Wildman–Crippen LogP) is 1.18. The van der Waals surface area contributed by atoms with E-state index in [9.17, 15) is 4.79 Å². The minimum Gasteiger partial charge on any atom is -0.467 e. The summed E-state index contributed by atoms with van der Waals surface area (Å²) in [5, 5.41) is 0. The van der Waals surface area contributed by atoms with Crippen molar-refractivity contribution in [3.63, 3.8) is 0 Å². The van der Waals surface area contributed by atoms with Gasteiger partial charge in [-0.1, -0.05) is 6.92 Å². The molecule has 0 aliphatic heterocycles. The standard InChI is InChI=1S/C9H14N2O2/c1-4-8-10-5-6-11(8)7(2)9(12)13-3/h5-7H,4H2,1-3H3. The minimum atomic E-state index is -0.289. The summed E-state index contributed by atoms with van der Waals surface area (Å²) in [7, 11) is 1.39. The predicted molar refractivity (Wildman–Crippen MR) is 48.3 cm³/mol. The molecule has 1 unspecified atom stereocenters. The van der Waals surface area contributed by atoms with Crippen LogP contribution in [0.4, 0.5) is 0 Å². The van der Waals surface area contributed by atoms with E-state index in [1.54, 1.807) is 19.3 Å². The van der Waals surface area contributed by atoms with Crippen LogP contribution >= 0.6 is 0 Å². The highest BCUT2D eigenvalue weighted by molar-refractivity contribution is 5.73. The molecule has 0 aliphatic carbocycles. The first-order valence-corrected chi connectivity index (χ1v) is 4.30. The molecule has 4 heteroatoms. The molecule has 0 radical (unpaired) electrons. The average molecular weight is 182 g/mol. The molecule has 0 aromatic carbocycles. The molecule has 13 heavy (non-hydrogen) atoms. The third-order valence-corrected chi connectivity index (χ3v) is 2.02. The maximum absolute atomic E-state index is 11.2. The van der Waals surface area contributed by atoms with Crippen LogP contribution in [0.2, 0.25) is 0 Å². The lowest BCUT2D eigenvalue weighted by Gasteiger charge is -2.12. The first kappa shape index (κ1) is 9.77. The van der Waals surface area contributed by atoms with Crippen LogP contribution in [-0.2, 0) is 16.0 Å². The van der Waals surface area contributed by atoms with E-state index in [2.05, 4.69) is 9.72 Å². The Kier molecular flexibility index (Phi) is 3.06. The Balaban J connectivity index is 2.87. The quantitative estimate of drug-likeness (QED) is 0.659. The van der Waals surface area contributed by atoms with E-state index in [4.69, 9.17) is 0 Å². The highest BCUT2D eigenvalue weighted by atomic mass is 16.5. The summed E-state index contributed by atoms with van der Waals surface area (Å²) < 4.78 is 6.47. The van der Waals surface area contributed by atoms with Gasteiger partial charge in [0.05, 0.1) is 7.11 Å². The van der Waals surface area contributed by atoms with Gasteiger partial charge in [-0.15, -0.1) is 0 Å². The summed E-state index contributed by atoms with van der Waals surface area (Å²) in [6.07, 6.45) is 4.30. The maximum Gasteiger partial charge on any atom is 0.328 e. The molecule has 1 atom stereocenters. The number of methoxy groups -OCH3 is 1. The van der Waals surface area contributed by atoms with Gasteiger partial charge in [0.2, 0.25) is 0 Å². The second kappa shape index (κ2) is 4.07. The summed E-state index contributed by atoms with van der Waals surface area (Å²) in [6.45, 7) is 3.80. The van der Waals surface area contributed by atoms with Crippen molar-refractivity contribution in [2.75, 3.05) is 7.11 Å².